The lowest BCUT2D eigenvalue weighted by atomic mass is 10.1. The molecule has 134 valence electrons. The Morgan fingerprint density at radius 1 is 1.21 bits per heavy atom. The van der Waals surface area contributed by atoms with E-state index >= 15 is 0 Å². The van der Waals surface area contributed by atoms with Gasteiger partial charge in [-0.05, 0) is 31.2 Å². The lowest BCUT2D eigenvalue weighted by molar-refractivity contribution is -0.130. The van der Waals surface area contributed by atoms with Crippen molar-refractivity contribution in [2.75, 3.05) is 26.2 Å². The molecule has 1 aliphatic heterocycles. The first-order chi connectivity index (χ1) is 11.3. The third-order valence-electron chi connectivity index (χ3n) is 4.10. The standard InChI is InChI=1S/C18H28N4O.HI/c19-18(21-13-11-16-8-3-1-4-9-16)20-12-7-15-22-14-6-2-5-10-17(22)23;/h1,3-4,8-9H,2,5-7,10-15H2,(H3,19,20,21);1H. The highest BCUT2D eigenvalue weighted by Crippen LogP contribution is 2.11. The van der Waals surface area contributed by atoms with Crippen LogP contribution in [-0.2, 0) is 11.2 Å². The van der Waals surface area contributed by atoms with Crippen molar-refractivity contribution >= 4 is 35.8 Å². The monoisotopic (exact) mass is 444 g/mol. The molecule has 1 aromatic rings. The number of likely N-dealkylation sites (tertiary alicyclic amines) is 1. The first kappa shape index (κ1) is 20.7. The van der Waals surface area contributed by atoms with E-state index in [0.717, 1.165) is 45.3 Å². The van der Waals surface area contributed by atoms with Gasteiger partial charge in [0.05, 0.1) is 0 Å². The van der Waals surface area contributed by atoms with Gasteiger partial charge >= 0.3 is 0 Å². The van der Waals surface area contributed by atoms with Crippen molar-refractivity contribution in [3.05, 3.63) is 35.9 Å². The van der Waals surface area contributed by atoms with E-state index in [-0.39, 0.29) is 24.0 Å². The Balaban J connectivity index is 0.00000288. The summed E-state index contributed by atoms with van der Waals surface area (Å²) in [6, 6.07) is 10.3. The van der Waals surface area contributed by atoms with Gasteiger partial charge in [0.1, 0.15) is 0 Å². The van der Waals surface area contributed by atoms with Crippen LogP contribution in [0.4, 0.5) is 0 Å². The molecule has 0 bridgehead atoms. The molecule has 3 N–H and O–H groups in total. The number of hydrogen-bond donors (Lipinski definition) is 2. The fourth-order valence-corrected chi connectivity index (χ4v) is 2.77. The second kappa shape index (κ2) is 12.1. The predicted octanol–water partition coefficient (Wildman–Crippen LogP) is 2.54. The van der Waals surface area contributed by atoms with Gasteiger partial charge in [-0.1, -0.05) is 36.8 Å². The number of nitrogens with one attached hydrogen (secondary N) is 1. The summed E-state index contributed by atoms with van der Waals surface area (Å²) < 4.78 is 0. The smallest absolute Gasteiger partial charge is 0.222 e. The lowest BCUT2D eigenvalue weighted by Crippen LogP contribution is -2.34. The number of carbonyl (C=O) groups excluding carboxylic acids is 1. The quantitative estimate of drug-likeness (QED) is 0.294. The first-order valence-corrected chi connectivity index (χ1v) is 8.61. The topological polar surface area (TPSA) is 70.7 Å². The fraction of sp³-hybridized carbons (Fsp3) is 0.556. The molecule has 1 heterocycles. The average Bonchev–Trinajstić information content (AvgIpc) is 2.77. The maximum absolute atomic E-state index is 11.9. The Labute approximate surface area is 162 Å². The number of nitrogens with two attached hydrogens (primary N) is 1. The van der Waals surface area contributed by atoms with Gasteiger partial charge in [-0.3, -0.25) is 9.79 Å². The van der Waals surface area contributed by atoms with E-state index < -0.39 is 0 Å². The van der Waals surface area contributed by atoms with Crippen LogP contribution in [-0.4, -0.2) is 42.9 Å². The molecule has 5 nitrogen and oxygen atoms in total. The zero-order valence-corrected chi connectivity index (χ0v) is 16.6. The number of benzene rings is 1. The van der Waals surface area contributed by atoms with E-state index in [1.165, 1.54) is 12.0 Å². The fourth-order valence-electron chi connectivity index (χ4n) is 2.77. The number of carbonyl (C=O) groups is 1. The minimum absolute atomic E-state index is 0. The van der Waals surface area contributed by atoms with Crippen LogP contribution in [0.3, 0.4) is 0 Å². The van der Waals surface area contributed by atoms with Crippen molar-refractivity contribution in [2.45, 2.75) is 38.5 Å². The lowest BCUT2D eigenvalue weighted by Gasteiger charge is -2.19. The zero-order chi connectivity index (χ0) is 16.3. The number of guanidine groups is 1. The number of rotatable bonds is 7. The summed E-state index contributed by atoms with van der Waals surface area (Å²) in [6.07, 6.45) is 5.82. The molecule has 0 atom stereocenters. The van der Waals surface area contributed by atoms with Crippen LogP contribution in [0.25, 0.3) is 0 Å². The molecule has 1 aliphatic rings. The van der Waals surface area contributed by atoms with Crippen molar-refractivity contribution < 1.29 is 4.79 Å². The zero-order valence-electron chi connectivity index (χ0n) is 14.2. The molecule has 24 heavy (non-hydrogen) atoms. The second-order valence-corrected chi connectivity index (χ2v) is 5.97. The molecule has 2 rings (SSSR count). The third kappa shape index (κ3) is 7.99. The summed E-state index contributed by atoms with van der Waals surface area (Å²) >= 11 is 0. The van der Waals surface area contributed by atoms with Crippen molar-refractivity contribution in [2.24, 2.45) is 10.7 Å². The van der Waals surface area contributed by atoms with Crippen LogP contribution < -0.4 is 11.1 Å². The van der Waals surface area contributed by atoms with Crippen LogP contribution in [0, 0.1) is 0 Å². The van der Waals surface area contributed by atoms with Crippen molar-refractivity contribution in [1.29, 1.82) is 0 Å². The molecule has 0 saturated carbocycles. The summed E-state index contributed by atoms with van der Waals surface area (Å²) in [5.41, 5.74) is 7.15. The van der Waals surface area contributed by atoms with Crippen molar-refractivity contribution in [3.8, 4) is 0 Å². The average molecular weight is 444 g/mol. The Morgan fingerprint density at radius 2 is 2.00 bits per heavy atom. The van der Waals surface area contributed by atoms with Gasteiger partial charge in [-0.25, -0.2) is 0 Å². The van der Waals surface area contributed by atoms with Crippen molar-refractivity contribution in [1.82, 2.24) is 10.2 Å². The number of halogens is 1. The molecule has 6 heteroatoms. The van der Waals surface area contributed by atoms with Gasteiger partial charge in [0, 0.05) is 32.6 Å². The van der Waals surface area contributed by atoms with Crippen molar-refractivity contribution in [3.63, 3.8) is 0 Å². The Morgan fingerprint density at radius 3 is 2.79 bits per heavy atom. The maximum atomic E-state index is 11.9. The molecule has 1 aromatic carbocycles. The number of hydrogen-bond acceptors (Lipinski definition) is 2. The van der Waals surface area contributed by atoms with Crippen LogP contribution in [0.2, 0.25) is 0 Å². The van der Waals surface area contributed by atoms with E-state index in [2.05, 4.69) is 22.4 Å². The second-order valence-electron chi connectivity index (χ2n) is 5.97. The van der Waals surface area contributed by atoms with E-state index in [1.54, 1.807) is 0 Å². The predicted molar refractivity (Wildman–Crippen MR) is 110 cm³/mol. The summed E-state index contributed by atoms with van der Waals surface area (Å²) in [5.74, 6) is 0.781. The number of aliphatic imine (C=N–C) groups is 1. The van der Waals surface area contributed by atoms with Gasteiger partial charge in [0.15, 0.2) is 5.96 Å². The molecular formula is C18H29IN4O. The van der Waals surface area contributed by atoms with E-state index in [4.69, 9.17) is 5.73 Å². The van der Waals surface area contributed by atoms with Gasteiger partial charge < -0.3 is 16.0 Å². The minimum atomic E-state index is 0. The first-order valence-electron chi connectivity index (χ1n) is 8.61. The van der Waals surface area contributed by atoms with Crippen LogP contribution in [0.1, 0.15) is 37.7 Å². The molecule has 0 aromatic heterocycles. The van der Waals surface area contributed by atoms with E-state index in [0.29, 0.717) is 24.8 Å². The van der Waals surface area contributed by atoms with Gasteiger partial charge in [0.2, 0.25) is 5.91 Å². The molecule has 1 saturated heterocycles. The number of nitrogens with zero attached hydrogens (tertiary/aromatic N) is 2. The third-order valence-corrected chi connectivity index (χ3v) is 4.10. The normalized spacial score (nSPS) is 15.6. The molecule has 1 amide bonds. The molecule has 0 radical (unpaired) electrons. The number of amides is 1. The molecule has 0 spiro atoms. The molecule has 1 fully saturated rings. The highest BCUT2D eigenvalue weighted by molar-refractivity contribution is 14.0. The van der Waals surface area contributed by atoms with Gasteiger partial charge in [0.25, 0.3) is 0 Å². The Kier molecular flexibility index (Phi) is 10.5. The summed E-state index contributed by atoms with van der Waals surface area (Å²) in [5, 5.41) is 3.14. The molecular weight excluding hydrogens is 415 g/mol. The summed E-state index contributed by atoms with van der Waals surface area (Å²) in [6.45, 7) is 3.13. The largest absolute Gasteiger partial charge is 0.370 e. The SMILES string of the molecule is I.NC(=NCCCN1CCCCCC1=O)NCCc1ccccc1. The minimum Gasteiger partial charge on any atom is -0.370 e. The highest BCUT2D eigenvalue weighted by atomic mass is 127. The molecule has 0 unspecified atom stereocenters. The Bertz CT molecular complexity index is 507. The molecule has 0 aliphatic carbocycles. The van der Waals surface area contributed by atoms with E-state index in [1.807, 2.05) is 23.1 Å². The Hall–Kier alpha value is -1.31. The van der Waals surface area contributed by atoms with Gasteiger partial charge in [-0.15, -0.1) is 24.0 Å². The van der Waals surface area contributed by atoms with Crippen LogP contribution in [0.5, 0.6) is 0 Å². The van der Waals surface area contributed by atoms with Crippen LogP contribution >= 0.6 is 24.0 Å². The van der Waals surface area contributed by atoms with Crippen LogP contribution in [0.15, 0.2) is 35.3 Å². The van der Waals surface area contributed by atoms with E-state index in [9.17, 15) is 4.79 Å². The highest BCUT2D eigenvalue weighted by Gasteiger charge is 2.15. The summed E-state index contributed by atoms with van der Waals surface area (Å²) in [4.78, 5) is 18.2. The summed E-state index contributed by atoms with van der Waals surface area (Å²) in [7, 11) is 0. The maximum Gasteiger partial charge on any atom is 0.222 e. The van der Waals surface area contributed by atoms with Gasteiger partial charge in [-0.2, -0.15) is 0 Å².